The van der Waals surface area contributed by atoms with Gasteiger partial charge in [-0.25, -0.2) is 0 Å². The van der Waals surface area contributed by atoms with Crippen LogP contribution in [0.1, 0.15) is 17.3 Å². The lowest BCUT2D eigenvalue weighted by Crippen LogP contribution is -2.43. The average Bonchev–Trinajstić information content (AvgIpc) is 2.94. The van der Waals surface area contributed by atoms with Crippen LogP contribution in [0.4, 0.5) is 0 Å². The summed E-state index contributed by atoms with van der Waals surface area (Å²) < 4.78 is 1.72. The maximum Gasteiger partial charge on any atom is 0.250 e. The predicted molar refractivity (Wildman–Crippen MR) is 92.7 cm³/mol. The molecule has 0 unspecified atom stereocenters. The summed E-state index contributed by atoms with van der Waals surface area (Å²) >= 11 is 0. The van der Waals surface area contributed by atoms with Gasteiger partial charge in [0.25, 0.3) is 5.56 Å². The lowest BCUT2D eigenvalue weighted by molar-refractivity contribution is -0.127. The number of carbonyl (C=O) groups excluding carboxylic acids is 1. The smallest absolute Gasteiger partial charge is 0.250 e. The third kappa shape index (κ3) is 2.77. The number of hydrogen-bond acceptors (Lipinski definition) is 4. The highest BCUT2D eigenvalue weighted by atomic mass is 16.3. The number of nitrogens with one attached hydrogen (secondary N) is 2. The Labute approximate surface area is 145 Å². The van der Waals surface area contributed by atoms with Gasteiger partial charge in [-0.2, -0.15) is 0 Å². The summed E-state index contributed by atoms with van der Waals surface area (Å²) in [6.07, 6.45) is 0. The Balaban J connectivity index is 1.59. The molecule has 130 valence electrons. The number of aromatic nitrogens is 1. The number of amides is 1. The van der Waals surface area contributed by atoms with E-state index < -0.39 is 5.92 Å². The Morgan fingerprint density at radius 2 is 2.00 bits per heavy atom. The SMILES string of the molecule is O=C(NCc1ccccc1)[C@H]1[C@H](CO)[C@H]2Cn3c(cccc3=O)[C@@H]1N2. The van der Waals surface area contributed by atoms with Gasteiger partial charge in [-0.15, -0.1) is 0 Å². The second kappa shape index (κ2) is 6.46. The van der Waals surface area contributed by atoms with Gasteiger partial charge in [-0.05, 0) is 11.6 Å². The fraction of sp³-hybridized carbons (Fsp3) is 0.368. The third-order valence-corrected chi connectivity index (χ3v) is 5.34. The number of rotatable bonds is 4. The van der Waals surface area contributed by atoms with Gasteiger partial charge in [0, 0.05) is 43.4 Å². The van der Waals surface area contributed by atoms with Crippen LogP contribution in [-0.4, -0.2) is 28.2 Å². The summed E-state index contributed by atoms with van der Waals surface area (Å²) in [6, 6.07) is 14.5. The van der Waals surface area contributed by atoms with Crippen LogP contribution in [0.3, 0.4) is 0 Å². The number of nitrogens with zero attached hydrogens (tertiary/aromatic N) is 1. The molecule has 25 heavy (non-hydrogen) atoms. The molecule has 2 aliphatic heterocycles. The van der Waals surface area contributed by atoms with Crippen molar-refractivity contribution < 1.29 is 9.90 Å². The highest BCUT2D eigenvalue weighted by Gasteiger charge is 2.50. The summed E-state index contributed by atoms with van der Waals surface area (Å²) in [5, 5.41) is 16.3. The van der Waals surface area contributed by atoms with Crippen LogP contribution in [0, 0.1) is 11.8 Å². The molecule has 4 rings (SSSR count). The number of fused-ring (bicyclic) bond motifs is 4. The molecule has 4 atom stereocenters. The first-order chi connectivity index (χ1) is 12.2. The zero-order valence-corrected chi connectivity index (χ0v) is 13.8. The first kappa shape index (κ1) is 16.1. The van der Waals surface area contributed by atoms with Crippen LogP contribution >= 0.6 is 0 Å². The van der Waals surface area contributed by atoms with Crippen molar-refractivity contribution in [3.05, 3.63) is 70.1 Å². The number of benzene rings is 1. The maximum atomic E-state index is 12.9. The molecule has 3 heterocycles. The predicted octanol–water partition coefficient (Wildman–Crippen LogP) is 0.416. The molecule has 0 radical (unpaired) electrons. The van der Waals surface area contributed by atoms with Gasteiger partial charge < -0.3 is 20.3 Å². The fourth-order valence-electron chi connectivity index (χ4n) is 4.10. The molecule has 3 N–H and O–H groups in total. The molecule has 0 spiro atoms. The van der Waals surface area contributed by atoms with Crippen molar-refractivity contribution in [1.82, 2.24) is 15.2 Å². The van der Waals surface area contributed by atoms with Crippen LogP contribution in [0.2, 0.25) is 0 Å². The molecule has 2 aromatic rings. The second-order valence-electron chi connectivity index (χ2n) is 6.73. The van der Waals surface area contributed by atoms with Crippen molar-refractivity contribution in [2.45, 2.75) is 25.2 Å². The maximum absolute atomic E-state index is 12.9. The first-order valence-electron chi connectivity index (χ1n) is 8.57. The number of pyridine rings is 1. The molecule has 2 bridgehead atoms. The van der Waals surface area contributed by atoms with Crippen LogP contribution in [0.5, 0.6) is 0 Å². The summed E-state index contributed by atoms with van der Waals surface area (Å²) in [4.78, 5) is 25.0. The molecule has 1 amide bonds. The Morgan fingerprint density at radius 3 is 2.76 bits per heavy atom. The van der Waals surface area contributed by atoms with Crippen molar-refractivity contribution in [3.63, 3.8) is 0 Å². The van der Waals surface area contributed by atoms with Crippen molar-refractivity contribution >= 4 is 5.91 Å². The molecule has 1 aromatic heterocycles. The molecular weight excluding hydrogens is 318 g/mol. The lowest BCUT2D eigenvalue weighted by Gasteiger charge is -2.27. The molecule has 0 saturated carbocycles. The quantitative estimate of drug-likeness (QED) is 0.754. The zero-order valence-electron chi connectivity index (χ0n) is 13.8. The van der Waals surface area contributed by atoms with Gasteiger partial charge in [-0.3, -0.25) is 9.59 Å². The van der Waals surface area contributed by atoms with Gasteiger partial charge in [0.15, 0.2) is 0 Å². The van der Waals surface area contributed by atoms with Gasteiger partial charge >= 0.3 is 0 Å². The van der Waals surface area contributed by atoms with Crippen LogP contribution in [-0.2, 0) is 17.9 Å². The fourth-order valence-corrected chi connectivity index (χ4v) is 4.10. The normalized spacial score (nSPS) is 26.9. The van der Waals surface area contributed by atoms with E-state index in [1.54, 1.807) is 10.6 Å². The zero-order chi connectivity index (χ0) is 17.4. The minimum absolute atomic E-state index is 0.0592. The molecular formula is C19H21N3O3. The highest BCUT2D eigenvalue weighted by molar-refractivity contribution is 5.80. The number of carbonyl (C=O) groups is 1. The van der Waals surface area contributed by atoms with E-state index in [4.69, 9.17) is 0 Å². The molecule has 2 aliphatic rings. The van der Waals surface area contributed by atoms with E-state index in [9.17, 15) is 14.7 Å². The summed E-state index contributed by atoms with van der Waals surface area (Å²) in [5.41, 5.74) is 1.79. The van der Waals surface area contributed by atoms with Crippen LogP contribution in [0.15, 0.2) is 53.3 Å². The molecule has 6 heteroatoms. The minimum Gasteiger partial charge on any atom is -0.396 e. The van der Waals surface area contributed by atoms with Crippen LogP contribution < -0.4 is 16.2 Å². The van der Waals surface area contributed by atoms with Gasteiger partial charge in [0.2, 0.25) is 5.91 Å². The highest BCUT2D eigenvalue weighted by Crippen LogP contribution is 2.40. The summed E-state index contributed by atoms with van der Waals surface area (Å²) in [6.45, 7) is 0.854. The average molecular weight is 339 g/mol. The first-order valence-corrected chi connectivity index (χ1v) is 8.57. The van der Waals surface area contributed by atoms with E-state index in [1.807, 2.05) is 36.4 Å². The van der Waals surface area contributed by atoms with Crippen LogP contribution in [0.25, 0.3) is 0 Å². The number of hydrogen-bond donors (Lipinski definition) is 3. The summed E-state index contributed by atoms with van der Waals surface area (Å²) in [5.74, 6) is -0.693. The second-order valence-corrected chi connectivity index (χ2v) is 6.73. The van der Waals surface area contributed by atoms with Gasteiger partial charge in [0.05, 0.1) is 12.0 Å². The van der Waals surface area contributed by atoms with E-state index in [0.29, 0.717) is 13.1 Å². The van der Waals surface area contributed by atoms with Crippen molar-refractivity contribution in [2.75, 3.05) is 6.61 Å². The Hall–Kier alpha value is -2.44. The third-order valence-electron chi connectivity index (χ3n) is 5.34. The van der Waals surface area contributed by atoms with E-state index in [-0.39, 0.29) is 36.1 Å². The number of aliphatic hydroxyl groups excluding tert-OH is 1. The van der Waals surface area contributed by atoms with E-state index in [1.165, 1.54) is 6.07 Å². The topological polar surface area (TPSA) is 83.4 Å². The van der Waals surface area contributed by atoms with Crippen molar-refractivity contribution in [1.29, 1.82) is 0 Å². The van der Waals surface area contributed by atoms with E-state index in [0.717, 1.165) is 11.3 Å². The molecule has 0 aliphatic carbocycles. The minimum atomic E-state index is -0.394. The summed E-state index contributed by atoms with van der Waals surface area (Å²) in [7, 11) is 0. The molecule has 1 fully saturated rings. The van der Waals surface area contributed by atoms with Gasteiger partial charge in [0.1, 0.15) is 0 Å². The largest absolute Gasteiger partial charge is 0.396 e. The Kier molecular flexibility index (Phi) is 4.15. The van der Waals surface area contributed by atoms with Crippen molar-refractivity contribution in [3.8, 4) is 0 Å². The molecule has 1 saturated heterocycles. The van der Waals surface area contributed by atoms with Gasteiger partial charge in [-0.1, -0.05) is 36.4 Å². The number of aliphatic hydroxyl groups is 1. The van der Waals surface area contributed by atoms with Crippen molar-refractivity contribution in [2.24, 2.45) is 11.8 Å². The molecule has 1 aromatic carbocycles. The standard InChI is InChI=1S/C19H21N3O3/c23-11-13-14-10-22-15(7-4-8-16(22)24)18(21-14)17(13)19(25)20-9-12-5-2-1-3-6-12/h1-8,13-14,17-18,21,23H,9-11H2,(H,20,25)/t13-,14-,17+,18+/m1/s1. The van der Waals surface area contributed by atoms with E-state index in [2.05, 4.69) is 10.6 Å². The van der Waals surface area contributed by atoms with E-state index >= 15 is 0 Å². The Morgan fingerprint density at radius 1 is 1.20 bits per heavy atom. The Bertz CT molecular complexity index is 833. The monoisotopic (exact) mass is 339 g/mol. The lowest BCUT2D eigenvalue weighted by atomic mass is 9.86. The molecule has 6 nitrogen and oxygen atoms in total.